The summed E-state index contributed by atoms with van der Waals surface area (Å²) < 4.78 is 1.99. The fourth-order valence-corrected chi connectivity index (χ4v) is 2.96. The van der Waals surface area contributed by atoms with Gasteiger partial charge in [0.15, 0.2) is 11.5 Å². The molecule has 0 saturated carbocycles. The van der Waals surface area contributed by atoms with Crippen molar-refractivity contribution in [3.8, 4) is 11.5 Å². The van der Waals surface area contributed by atoms with Crippen molar-refractivity contribution < 1.29 is 0 Å². The van der Waals surface area contributed by atoms with E-state index >= 15 is 0 Å². The maximum absolute atomic E-state index is 5.72. The molecule has 4 aromatic rings. The maximum atomic E-state index is 5.72. The van der Waals surface area contributed by atoms with E-state index in [1.54, 1.807) is 18.5 Å². The molecular formula is C19H20N8. The van der Waals surface area contributed by atoms with Crippen LogP contribution in [0.25, 0.3) is 22.7 Å². The van der Waals surface area contributed by atoms with Gasteiger partial charge in [0.25, 0.3) is 0 Å². The largest absolute Gasteiger partial charge is 0.368 e. The number of fused-ring (bicyclic) bond motifs is 1. The molecular weight excluding hydrogens is 340 g/mol. The number of rotatable bonds is 4. The van der Waals surface area contributed by atoms with E-state index in [2.05, 4.69) is 55.4 Å². The van der Waals surface area contributed by atoms with Gasteiger partial charge in [-0.05, 0) is 44.0 Å². The number of benzene rings is 1. The minimum Gasteiger partial charge on any atom is -0.368 e. The highest BCUT2D eigenvalue weighted by Crippen LogP contribution is 2.25. The van der Waals surface area contributed by atoms with E-state index in [-0.39, 0.29) is 5.95 Å². The first-order valence-corrected chi connectivity index (χ1v) is 8.71. The number of imidazole rings is 1. The number of nitrogen functional groups attached to an aromatic ring is 1. The predicted octanol–water partition coefficient (Wildman–Crippen LogP) is 3.25. The standard InChI is InChI=1S/C19H20N8/c1-4-27-16(13-7-8-21-18(20)24-13)23-15-10-22-19(26-17(15)27)25-14-9-11(2)5-6-12(14)3/h5-10H,4H2,1-3H3,(H2,20,21,24)(H,22,25,26). The van der Waals surface area contributed by atoms with Gasteiger partial charge in [0, 0.05) is 18.4 Å². The third kappa shape index (κ3) is 3.17. The van der Waals surface area contributed by atoms with Crippen molar-refractivity contribution in [2.45, 2.75) is 27.3 Å². The molecule has 27 heavy (non-hydrogen) atoms. The lowest BCUT2D eigenvalue weighted by Crippen LogP contribution is -2.04. The summed E-state index contributed by atoms with van der Waals surface area (Å²) in [6, 6.07) is 8.02. The molecule has 0 bridgehead atoms. The Morgan fingerprint density at radius 3 is 2.70 bits per heavy atom. The van der Waals surface area contributed by atoms with Gasteiger partial charge in [-0.25, -0.2) is 19.9 Å². The second-order valence-corrected chi connectivity index (χ2v) is 6.33. The summed E-state index contributed by atoms with van der Waals surface area (Å²) in [5, 5.41) is 3.31. The van der Waals surface area contributed by atoms with Crippen LogP contribution in [0.2, 0.25) is 0 Å². The average Bonchev–Trinajstić information content (AvgIpc) is 3.02. The lowest BCUT2D eigenvalue weighted by atomic mass is 10.1. The van der Waals surface area contributed by atoms with E-state index in [4.69, 9.17) is 5.73 Å². The first kappa shape index (κ1) is 16.9. The average molecular weight is 360 g/mol. The maximum Gasteiger partial charge on any atom is 0.229 e. The van der Waals surface area contributed by atoms with Crippen molar-refractivity contribution >= 4 is 28.7 Å². The molecule has 0 aliphatic heterocycles. The molecule has 0 spiro atoms. The van der Waals surface area contributed by atoms with E-state index in [1.807, 2.05) is 18.4 Å². The zero-order valence-electron chi connectivity index (χ0n) is 15.4. The molecule has 0 aliphatic carbocycles. The number of nitrogens with two attached hydrogens (primary N) is 1. The molecule has 3 aromatic heterocycles. The number of aromatic nitrogens is 6. The third-order valence-electron chi connectivity index (χ3n) is 4.35. The van der Waals surface area contributed by atoms with Crippen LogP contribution in [0.4, 0.5) is 17.6 Å². The van der Waals surface area contributed by atoms with Gasteiger partial charge in [-0.1, -0.05) is 12.1 Å². The molecule has 136 valence electrons. The highest BCUT2D eigenvalue weighted by atomic mass is 15.2. The van der Waals surface area contributed by atoms with Gasteiger partial charge in [-0.3, -0.25) is 0 Å². The minimum atomic E-state index is 0.213. The fourth-order valence-electron chi connectivity index (χ4n) is 2.96. The summed E-state index contributed by atoms with van der Waals surface area (Å²) in [7, 11) is 0. The van der Waals surface area contributed by atoms with Crippen LogP contribution in [0.15, 0.2) is 36.7 Å². The molecule has 3 N–H and O–H groups in total. The van der Waals surface area contributed by atoms with E-state index in [0.717, 1.165) is 16.9 Å². The van der Waals surface area contributed by atoms with Gasteiger partial charge in [-0.2, -0.15) is 4.98 Å². The Kier molecular flexibility index (Phi) is 4.15. The molecule has 0 amide bonds. The van der Waals surface area contributed by atoms with Gasteiger partial charge in [-0.15, -0.1) is 0 Å². The topological polar surface area (TPSA) is 107 Å². The number of aryl methyl sites for hydroxylation is 3. The molecule has 0 fully saturated rings. The van der Waals surface area contributed by atoms with Gasteiger partial charge in [0.05, 0.1) is 6.20 Å². The van der Waals surface area contributed by atoms with Crippen LogP contribution < -0.4 is 11.1 Å². The van der Waals surface area contributed by atoms with Crippen LogP contribution in [-0.4, -0.2) is 29.5 Å². The molecule has 4 rings (SSSR count). The van der Waals surface area contributed by atoms with Gasteiger partial charge in [0.1, 0.15) is 11.2 Å². The molecule has 0 radical (unpaired) electrons. The SMILES string of the molecule is CCn1c(-c2ccnc(N)n2)nc2cnc(Nc3cc(C)ccc3C)nc21. The van der Waals surface area contributed by atoms with Crippen LogP contribution in [0.1, 0.15) is 18.1 Å². The quantitative estimate of drug-likeness (QED) is 0.575. The van der Waals surface area contributed by atoms with E-state index in [1.165, 1.54) is 5.56 Å². The highest BCUT2D eigenvalue weighted by molar-refractivity contribution is 5.77. The number of nitrogens with one attached hydrogen (secondary N) is 1. The molecule has 3 heterocycles. The summed E-state index contributed by atoms with van der Waals surface area (Å²) in [4.78, 5) is 22.0. The van der Waals surface area contributed by atoms with E-state index < -0.39 is 0 Å². The second kappa shape index (κ2) is 6.64. The molecule has 0 aliphatic rings. The Morgan fingerprint density at radius 1 is 1.07 bits per heavy atom. The Morgan fingerprint density at radius 2 is 1.93 bits per heavy atom. The van der Waals surface area contributed by atoms with Crippen LogP contribution >= 0.6 is 0 Å². The van der Waals surface area contributed by atoms with Crippen LogP contribution in [-0.2, 0) is 6.54 Å². The lowest BCUT2D eigenvalue weighted by Gasteiger charge is -2.09. The molecule has 0 unspecified atom stereocenters. The van der Waals surface area contributed by atoms with Crippen LogP contribution in [0.3, 0.4) is 0 Å². The number of hydrogen-bond donors (Lipinski definition) is 2. The number of anilines is 3. The first-order chi connectivity index (χ1) is 13.0. The summed E-state index contributed by atoms with van der Waals surface area (Å²) >= 11 is 0. The zero-order chi connectivity index (χ0) is 19.0. The minimum absolute atomic E-state index is 0.213. The molecule has 8 nitrogen and oxygen atoms in total. The summed E-state index contributed by atoms with van der Waals surface area (Å²) in [5.74, 6) is 1.44. The molecule has 8 heteroatoms. The van der Waals surface area contributed by atoms with E-state index in [0.29, 0.717) is 29.5 Å². The highest BCUT2D eigenvalue weighted by Gasteiger charge is 2.15. The van der Waals surface area contributed by atoms with Crippen molar-refractivity contribution in [3.05, 3.63) is 47.8 Å². The molecule has 0 saturated heterocycles. The molecule has 0 atom stereocenters. The Labute approximate surface area is 156 Å². The van der Waals surface area contributed by atoms with Crippen LogP contribution in [0, 0.1) is 13.8 Å². The lowest BCUT2D eigenvalue weighted by molar-refractivity contribution is 0.783. The Hall–Kier alpha value is -3.55. The summed E-state index contributed by atoms with van der Waals surface area (Å²) in [5.41, 5.74) is 11.1. The summed E-state index contributed by atoms with van der Waals surface area (Å²) in [6.07, 6.45) is 3.34. The molecule has 1 aromatic carbocycles. The van der Waals surface area contributed by atoms with Gasteiger partial charge < -0.3 is 15.6 Å². The number of hydrogen-bond acceptors (Lipinski definition) is 7. The van der Waals surface area contributed by atoms with Gasteiger partial charge >= 0.3 is 0 Å². The van der Waals surface area contributed by atoms with Crippen molar-refractivity contribution in [1.29, 1.82) is 0 Å². The first-order valence-electron chi connectivity index (χ1n) is 8.71. The fraction of sp³-hybridized carbons (Fsp3) is 0.211. The third-order valence-corrected chi connectivity index (χ3v) is 4.35. The van der Waals surface area contributed by atoms with Crippen LogP contribution in [0.5, 0.6) is 0 Å². The van der Waals surface area contributed by atoms with E-state index in [9.17, 15) is 0 Å². The predicted molar refractivity (Wildman–Crippen MR) is 106 cm³/mol. The normalized spacial score (nSPS) is 11.1. The zero-order valence-corrected chi connectivity index (χ0v) is 15.4. The van der Waals surface area contributed by atoms with Crippen molar-refractivity contribution in [2.24, 2.45) is 0 Å². The van der Waals surface area contributed by atoms with Crippen molar-refractivity contribution in [2.75, 3.05) is 11.1 Å². The van der Waals surface area contributed by atoms with Crippen molar-refractivity contribution in [1.82, 2.24) is 29.5 Å². The second-order valence-electron chi connectivity index (χ2n) is 6.33. The number of nitrogens with zero attached hydrogens (tertiary/aromatic N) is 6. The van der Waals surface area contributed by atoms with Crippen molar-refractivity contribution in [3.63, 3.8) is 0 Å². The Bertz CT molecular complexity index is 1130. The van der Waals surface area contributed by atoms with Gasteiger partial charge in [0.2, 0.25) is 11.9 Å². The summed E-state index contributed by atoms with van der Waals surface area (Å²) in [6.45, 7) is 6.83. The monoisotopic (exact) mass is 360 g/mol. The Balaban J connectivity index is 1.79. The smallest absolute Gasteiger partial charge is 0.229 e.